The van der Waals surface area contributed by atoms with Gasteiger partial charge in [0.2, 0.25) is 0 Å². The normalized spacial score (nSPS) is 15.0. The summed E-state index contributed by atoms with van der Waals surface area (Å²) in [6.07, 6.45) is 0.648. The smallest absolute Gasteiger partial charge is 0.191 e. The average molecular weight is 350 g/mol. The van der Waals surface area contributed by atoms with Gasteiger partial charge in [-0.25, -0.2) is 0 Å². The van der Waals surface area contributed by atoms with Crippen molar-refractivity contribution in [3.63, 3.8) is 0 Å². The highest BCUT2D eigenvalue weighted by molar-refractivity contribution is 6.42. The number of nitrogens with one attached hydrogen (secondary N) is 2. The molecular weight excluding hydrogens is 333 g/mol. The Labute approximate surface area is 145 Å². The minimum atomic E-state index is -0.104. The van der Waals surface area contributed by atoms with E-state index in [2.05, 4.69) is 15.6 Å². The van der Waals surface area contributed by atoms with Crippen LogP contribution in [0.5, 0.6) is 5.75 Å². The quantitative estimate of drug-likeness (QED) is 0.791. The first kappa shape index (κ1) is 16.0. The van der Waals surface area contributed by atoms with E-state index >= 15 is 0 Å². The Hall–Kier alpha value is -1.91. The van der Waals surface area contributed by atoms with Gasteiger partial charge < -0.3 is 15.7 Å². The third-order valence-electron chi connectivity index (χ3n) is 3.69. The zero-order chi connectivity index (χ0) is 16.2. The van der Waals surface area contributed by atoms with Crippen molar-refractivity contribution in [1.29, 1.82) is 0 Å². The van der Waals surface area contributed by atoms with Crippen LogP contribution in [0, 0.1) is 0 Å². The molecule has 0 aromatic heterocycles. The van der Waals surface area contributed by atoms with Crippen molar-refractivity contribution < 1.29 is 5.11 Å². The van der Waals surface area contributed by atoms with Crippen molar-refractivity contribution in [3.05, 3.63) is 63.6 Å². The summed E-state index contributed by atoms with van der Waals surface area (Å²) in [6, 6.07) is 12.7. The van der Waals surface area contributed by atoms with E-state index in [0.29, 0.717) is 16.5 Å². The zero-order valence-electron chi connectivity index (χ0n) is 12.4. The number of phenols is 1. The predicted octanol–water partition coefficient (Wildman–Crippen LogP) is 3.53. The molecule has 120 valence electrons. The summed E-state index contributed by atoms with van der Waals surface area (Å²) in [4.78, 5) is 4.38. The van der Waals surface area contributed by atoms with Gasteiger partial charge in [0.15, 0.2) is 5.96 Å². The van der Waals surface area contributed by atoms with Crippen LogP contribution in [-0.2, 0) is 6.42 Å². The first-order chi connectivity index (χ1) is 11.1. The topological polar surface area (TPSA) is 56.6 Å². The van der Waals surface area contributed by atoms with Gasteiger partial charge in [-0.05, 0) is 35.7 Å². The van der Waals surface area contributed by atoms with Crippen LogP contribution in [0.2, 0.25) is 10.0 Å². The van der Waals surface area contributed by atoms with E-state index in [9.17, 15) is 5.11 Å². The molecule has 0 aliphatic carbocycles. The fraction of sp³-hybridized carbons (Fsp3) is 0.235. The molecule has 0 saturated carbocycles. The standard InChI is InChI=1S/C17H17Cl2N3O/c18-14-6-2-5-13(16(14)19)15(22-17-20-7-8-21-17)10-11-3-1-4-12(23)9-11/h1-6,9,15,23H,7-8,10H2,(H2,20,21,22). The summed E-state index contributed by atoms with van der Waals surface area (Å²) in [5, 5.41) is 17.3. The molecule has 0 amide bonds. The van der Waals surface area contributed by atoms with Crippen LogP contribution in [0.3, 0.4) is 0 Å². The van der Waals surface area contributed by atoms with Gasteiger partial charge in [-0.15, -0.1) is 0 Å². The molecule has 6 heteroatoms. The Kier molecular flexibility index (Phi) is 4.94. The Balaban J connectivity index is 1.91. The van der Waals surface area contributed by atoms with Crippen LogP contribution in [0.15, 0.2) is 47.5 Å². The second kappa shape index (κ2) is 7.11. The molecule has 1 unspecified atom stereocenters. The van der Waals surface area contributed by atoms with E-state index in [1.54, 1.807) is 18.2 Å². The molecule has 1 atom stereocenters. The molecule has 0 bridgehead atoms. The molecule has 2 aromatic rings. The fourth-order valence-corrected chi connectivity index (χ4v) is 3.05. The van der Waals surface area contributed by atoms with Crippen molar-refractivity contribution in [3.8, 4) is 5.75 Å². The van der Waals surface area contributed by atoms with Crippen molar-refractivity contribution in [2.45, 2.75) is 12.5 Å². The number of hydrogen-bond acceptors (Lipinski definition) is 4. The average Bonchev–Trinajstić information content (AvgIpc) is 3.02. The van der Waals surface area contributed by atoms with Gasteiger partial charge in [0, 0.05) is 6.54 Å². The second-order valence-electron chi connectivity index (χ2n) is 5.37. The van der Waals surface area contributed by atoms with E-state index < -0.39 is 0 Å². The summed E-state index contributed by atoms with van der Waals surface area (Å²) in [5.41, 5.74) is 1.90. The van der Waals surface area contributed by atoms with Gasteiger partial charge in [0.25, 0.3) is 0 Å². The first-order valence-corrected chi connectivity index (χ1v) is 8.16. The van der Waals surface area contributed by atoms with Crippen LogP contribution in [-0.4, -0.2) is 24.2 Å². The highest BCUT2D eigenvalue weighted by Crippen LogP contribution is 2.32. The molecule has 0 radical (unpaired) electrons. The van der Waals surface area contributed by atoms with Crippen LogP contribution in [0.4, 0.5) is 0 Å². The number of guanidine groups is 1. The maximum Gasteiger partial charge on any atom is 0.191 e. The zero-order valence-corrected chi connectivity index (χ0v) is 13.9. The lowest BCUT2D eigenvalue weighted by atomic mass is 9.98. The molecule has 2 aromatic carbocycles. The lowest BCUT2D eigenvalue weighted by Gasteiger charge is -2.22. The molecule has 4 nitrogen and oxygen atoms in total. The monoisotopic (exact) mass is 349 g/mol. The molecule has 1 heterocycles. The number of rotatable bonds is 4. The van der Waals surface area contributed by atoms with Gasteiger partial charge in [0.1, 0.15) is 5.75 Å². The molecule has 3 rings (SSSR count). The van der Waals surface area contributed by atoms with E-state index in [1.807, 2.05) is 24.3 Å². The third-order valence-corrected chi connectivity index (χ3v) is 4.53. The Morgan fingerprint density at radius 2 is 2.04 bits per heavy atom. The number of aromatic hydroxyl groups is 1. The Bertz CT molecular complexity index is 734. The molecule has 3 N–H and O–H groups in total. The van der Waals surface area contributed by atoms with Gasteiger partial charge >= 0.3 is 0 Å². The summed E-state index contributed by atoms with van der Waals surface area (Å²) in [7, 11) is 0. The van der Waals surface area contributed by atoms with Crippen LogP contribution >= 0.6 is 23.2 Å². The largest absolute Gasteiger partial charge is 0.508 e. The number of aliphatic imine (C=N–C) groups is 1. The van der Waals surface area contributed by atoms with Crippen LogP contribution < -0.4 is 10.6 Å². The molecule has 23 heavy (non-hydrogen) atoms. The van der Waals surface area contributed by atoms with E-state index in [-0.39, 0.29) is 11.8 Å². The number of phenolic OH excluding ortho intramolecular Hbond substituents is 1. The van der Waals surface area contributed by atoms with Gasteiger partial charge in [-0.1, -0.05) is 47.5 Å². The van der Waals surface area contributed by atoms with Crippen molar-refractivity contribution in [2.24, 2.45) is 4.99 Å². The molecule has 0 saturated heterocycles. The fourth-order valence-electron chi connectivity index (χ4n) is 2.61. The maximum absolute atomic E-state index is 9.68. The molecule has 1 aliphatic rings. The molecular formula is C17H17Cl2N3O. The van der Waals surface area contributed by atoms with Crippen LogP contribution in [0.1, 0.15) is 17.2 Å². The first-order valence-electron chi connectivity index (χ1n) is 7.40. The summed E-state index contributed by atoms with van der Waals surface area (Å²) in [5.74, 6) is 1.00. The summed E-state index contributed by atoms with van der Waals surface area (Å²) in [6.45, 7) is 1.58. The predicted molar refractivity (Wildman–Crippen MR) is 94.5 cm³/mol. The SMILES string of the molecule is Oc1cccc(CC(NC2=NCCN2)c2cccc(Cl)c2Cl)c1. The minimum absolute atomic E-state index is 0.104. The van der Waals surface area contributed by atoms with Gasteiger partial charge in [-0.3, -0.25) is 4.99 Å². The van der Waals surface area contributed by atoms with E-state index in [4.69, 9.17) is 23.2 Å². The minimum Gasteiger partial charge on any atom is -0.508 e. The van der Waals surface area contributed by atoms with E-state index in [1.165, 1.54) is 0 Å². The van der Waals surface area contributed by atoms with E-state index in [0.717, 1.165) is 30.2 Å². The van der Waals surface area contributed by atoms with Crippen LogP contribution in [0.25, 0.3) is 0 Å². The highest BCUT2D eigenvalue weighted by Gasteiger charge is 2.19. The number of halogens is 2. The highest BCUT2D eigenvalue weighted by atomic mass is 35.5. The third kappa shape index (κ3) is 3.89. The number of nitrogens with zero attached hydrogens (tertiary/aromatic N) is 1. The summed E-state index contributed by atoms with van der Waals surface area (Å²) < 4.78 is 0. The molecule has 0 spiro atoms. The lowest BCUT2D eigenvalue weighted by molar-refractivity contribution is 0.474. The second-order valence-corrected chi connectivity index (χ2v) is 6.16. The number of hydrogen-bond donors (Lipinski definition) is 3. The Morgan fingerprint density at radius 3 is 2.78 bits per heavy atom. The van der Waals surface area contributed by atoms with Crippen molar-refractivity contribution >= 4 is 29.2 Å². The van der Waals surface area contributed by atoms with Crippen molar-refractivity contribution in [1.82, 2.24) is 10.6 Å². The van der Waals surface area contributed by atoms with Gasteiger partial charge in [-0.2, -0.15) is 0 Å². The summed E-state index contributed by atoms with van der Waals surface area (Å²) >= 11 is 12.5. The Morgan fingerprint density at radius 1 is 1.22 bits per heavy atom. The van der Waals surface area contributed by atoms with Crippen molar-refractivity contribution in [2.75, 3.05) is 13.1 Å². The van der Waals surface area contributed by atoms with Gasteiger partial charge in [0.05, 0.1) is 22.6 Å². The lowest BCUT2D eigenvalue weighted by Crippen LogP contribution is -2.37. The maximum atomic E-state index is 9.68. The molecule has 1 aliphatic heterocycles. The molecule has 0 fully saturated rings. The number of benzene rings is 2.